The van der Waals surface area contributed by atoms with Gasteiger partial charge in [0.1, 0.15) is 10.9 Å². The maximum absolute atomic E-state index is 11.3. The number of carbonyl (C=O) groups is 1. The molecule has 0 saturated heterocycles. The molecule has 0 heterocycles. The SMILES string of the molecule is C1CCC(NC2CCCCC2)CC1.O=C(O)C(Cc1ccccc1)NSc1ccccc1[N+](=O)[O-]. The number of nitrogens with one attached hydrogen (secondary N) is 2. The Labute approximate surface area is 212 Å². The Kier molecular flexibility index (Phi) is 11.5. The first-order chi connectivity index (χ1) is 17.0. The van der Waals surface area contributed by atoms with Crippen molar-refractivity contribution in [2.45, 2.75) is 93.7 Å². The number of carboxylic acid groups (broad SMARTS) is 1. The van der Waals surface area contributed by atoms with Crippen molar-refractivity contribution in [3.05, 3.63) is 70.3 Å². The Balaban J connectivity index is 0.000000223. The van der Waals surface area contributed by atoms with Crippen molar-refractivity contribution in [1.82, 2.24) is 10.0 Å². The van der Waals surface area contributed by atoms with E-state index in [4.69, 9.17) is 0 Å². The van der Waals surface area contributed by atoms with Gasteiger partial charge in [-0.3, -0.25) is 14.9 Å². The number of para-hydroxylation sites is 1. The quantitative estimate of drug-likeness (QED) is 0.217. The van der Waals surface area contributed by atoms with Crippen molar-refractivity contribution in [2.24, 2.45) is 0 Å². The van der Waals surface area contributed by atoms with E-state index in [1.807, 2.05) is 30.3 Å². The highest BCUT2D eigenvalue weighted by Crippen LogP contribution is 2.27. The molecule has 0 spiro atoms. The largest absolute Gasteiger partial charge is 0.480 e. The Morgan fingerprint density at radius 1 is 0.914 bits per heavy atom. The summed E-state index contributed by atoms with van der Waals surface area (Å²) in [5.74, 6) is -1.00. The highest BCUT2D eigenvalue weighted by molar-refractivity contribution is 7.97. The van der Waals surface area contributed by atoms with Crippen LogP contribution in [0.3, 0.4) is 0 Å². The van der Waals surface area contributed by atoms with E-state index in [0.29, 0.717) is 11.3 Å². The highest BCUT2D eigenvalue weighted by Gasteiger charge is 2.21. The number of hydrogen-bond acceptors (Lipinski definition) is 6. The van der Waals surface area contributed by atoms with Crippen molar-refractivity contribution in [1.29, 1.82) is 0 Å². The summed E-state index contributed by atoms with van der Waals surface area (Å²) in [4.78, 5) is 22.2. The molecule has 1 unspecified atom stereocenters. The molecule has 35 heavy (non-hydrogen) atoms. The normalized spacial score (nSPS) is 17.7. The van der Waals surface area contributed by atoms with Crippen LogP contribution in [0.1, 0.15) is 69.8 Å². The number of hydrogen-bond donors (Lipinski definition) is 3. The molecule has 2 aromatic rings. The summed E-state index contributed by atoms with van der Waals surface area (Å²) < 4.78 is 2.79. The van der Waals surface area contributed by atoms with E-state index in [1.165, 1.54) is 70.3 Å². The molecule has 2 aliphatic rings. The molecule has 3 N–H and O–H groups in total. The molecule has 8 heteroatoms. The zero-order valence-electron chi connectivity index (χ0n) is 20.2. The van der Waals surface area contributed by atoms with E-state index in [9.17, 15) is 20.0 Å². The van der Waals surface area contributed by atoms with Crippen molar-refractivity contribution in [2.75, 3.05) is 0 Å². The summed E-state index contributed by atoms with van der Waals surface area (Å²) in [6, 6.07) is 16.3. The van der Waals surface area contributed by atoms with Crippen LogP contribution >= 0.6 is 11.9 Å². The van der Waals surface area contributed by atoms with Gasteiger partial charge in [-0.1, -0.05) is 81.0 Å². The number of nitrogens with zero attached hydrogens (tertiary/aromatic N) is 1. The second-order valence-electron chi connectivity index (χ2n) is 9.36. The minimum atomic E-state index is -1.00. The van der Waals surface area contributed by atoms with Gasteiger partial charge in [0.2, 0.25) is 0 Å². The second-order valence-corrected chi connectivity index (χ2v) is 10.2. The molecular weight excluding hydrogens is 462 g/mol. The second kappa shape index (κ2) is 14.9. The Morgan fingerprint density at radius 2 is 1.46 bits per heavy atom. The van der Waals surface area contributed by atoms with Crippen LogP contribution in [0.25, 0.3) is 0 Å². The smallest absolute Gasteiger partial charge is 0.321 e. The number of aliphatic carboxylic acids is 1. The third kappa shape index (κ3) is 9.63. The first-order valence-corrected chi connectivity index (χ1v) is 13.5. The van der Waals surface area contributed by atoms with Crippen LogP contribution < -0.4 is 10.0 Å². The number of carboxylic acids is 1. The van der Waals surface area contributed by atoms with Crippen molar-refractivity contribution < 1.29 is 14.8 Å². The third-order valence-corrected chi connectivity index (χ3v) is 7.60. The fourth-order valence-corrected chi connectivity index (χ4v) is 5.58. The molecule has 1 atom stereocenters. The number of rotatable bonds is 9. The molecule has 0 radical (unpaired) electrons. The molecule has 0 aromatic heterocycles. The average molecular weight is 500 g/mol. The zero-order valence-corrected chi connectivity index (χ0v) is 21.1. The summed E-state index contributed by atoms with van der Waals surface area (Å²) in [5.41, 5.74) is 0.828. The molecule has 0 amide bonds. The van der Waals surface area contributed by atoms with E-state index in [1.54, 1.807) is 18.2 Å². The number of nitro benzene ring substituents is 1. The standard InChI is InChI=1S/C15H14N2O4S.C12H23N/c18-15(19)12(10-11-6-2-1-3-7-11)16-22-14-9-5-4-8-13(14)17(20)21;1-3-7-11(8-4-1)13-12-9-5-2-6-10-12/h1-9,12,16H,10H2,(H,18,19);11-13H,1-10H2. The van der Waals surface area contributed by atoms with Crippen molar-refractivity contribution in [3.63, 3.8) is 0 Å². The van der Waals surface area contributed by atoms with Gasteiger partial charge in [-0.05, 0) is 55.7 Å². The fraction of sp³-hybridized carbons (Fsp3) is 0.519. The summed E-state index contributed by atoms with van der Waals surface area (Å²) in [6.07, 6.45) is 14.9. The van der Waals surface area contributed by atoms with E-state index < -0.39 is 16.9 Å². The first-order valence-electron chi connectivity index (χ1n) is 12.7. The minimum Gasteiger partial charge on any atom is -0.480 e. The predicted molar refractivity (Wildman–Crippen MR) is 141 cm³/mol. The van der Waals surface area contributed by atoms with E-state index >= 15 is 0 Å². The van der Waals surface area contributed by atoms with Gasteiger partial charge < -0.3 is 10.4 Å². The van der Waals surface area contributed by atoms with Gasteiger partial charge in [-0.2, -0.15) is 0 Å². The summed E-state index contributed by atoms with van der Waals surface area (Å²) in [7, 11) is 0. The van der Waals surface area contributed by atoms with Gasteiger partial charge in [-0.15, -0.1) is 0 Å². The van der Waals surface area contributed by atoms with Crippen LogP contribution in [0.2, 0.25) is 0 Å². The van der Waals surface area contributed by atoms with E-state index in [2.05, 4.69) is 10.0 Å². The Morgan fingerprint density at radius 3 is 2.00 bits per heavy atom. The summed E-state index contributed by atoms with van der Waals surface area (Å²) in [5, 5.41) is 24.1. The molecule has 2 aromatic carbocycles. The monoisotopic (exact) mass is 499 g/mol. The minimum absolute atomic E-state index is 0.0520. The van der Waals surface area contributed by atoms with Crippen molar-refractivity contribution >= 4 is 23.6 Å². The van der Waals surface area contributed by atoms with Crippen molar-refractivity contribution in [3.8, 4) is 0 Å². The zero-order chi connectivity index (χ0) is 24.9. The van der Waals surface area contributed by atoms with Crippen LogP contribution in [-0.4, -0.2) is 34.1 Å². The van der Waals surface area contributed by atoms with Crippen LogP contribution in [0, 0.1) is 10.1 Å². The molecule has 0 aliphatic heterocycles. The van der Waals surface area contributed by atoms with Gasteiger partial charge in [0, 0.05) is 18.2 Å². The van der Waals surface area contributed by atoms with Gasteiger partial charge in [0.15, 0.2) is 0 Å². The van der Waals surface area contributed by atoms with Gasteiger partial charge in [0.25, 0.3) is 5.69 Å². The molecule has 0 bridgehead atoms. The van der Waals surface area contributed by atoms with Crippen LogP contribution in [0.5, 0.6) is 0 Å². The molecule has 2 aliphatic carbocycles. The lowest BCUT2D eigenvalue weighted by Crippen LogP contribution is -2.40. The van der Waals surface area contributed by atoms with E-state index in [-0.39, 0.29) is 5.69 Å². The number of benzene rings is 2. The van der Waals surface area contributed by atoms with Crippen LogP contribution in [-0.2, 0) is 11.2 Å². The molecule has 2 fully saturated rings. The lowest BCUT2D eigenvalue weighted by Gasteiger charge is -2.30. The Hall–Kier alpha value is -2.42. The van der Waals surface area contributed by atoms with Crippen LogP contribution in [0.4, 0.5) is 5.69 Å². The molecular formula is C27H37N3O4S. The maximum atomic E-state index is 11.3. The van der Waals surface area contributed by atoms with Gasteiger partial charge in [-0.25, -0.2) is 4.72 Å². The molecule has 2 saturated carbocycles. The molecule has 7 nitrogen and oxygen atoms in total. The van der Waals surface area contributed by atoms with E-state index in [0.717, 1.165) is 29.6 Å². The predicted octanol–water partition coefficient (Wildman–Crippen LogP) is 6.13. The van der Waals surface area contributed by atoms with Gasteiger partial charge >= 0.3 is 5.97 Å². The average Bonchev–Trinajstić information content (AvgIpc) is 2.89. The van der Waals surface area contributed by atoms with Gasteiger partial charge in [0.05, 0.1) is 4.92 Å². The lowest BCUT2D eigenvalue weighted by molar-refractivity contribution is -0.387. The third-order valence-electron chi connectivity index (χ3n) is 6.64. The summed E-state index contributed by atoms with van der Waals surface area (Å²) in [6.45, 7) is 0. The van der Waals surface area contributed by atoms with Crippen LogP contribution in [0.15, 0.2) is 59.5 Å². The molecule has 4 rings (SSSR count). The fourth-order valence-electron chi connectivity index (χ4n) is 4.73. The first kappa shape index (κ1) is 27.2. The highest BCUT2D eigenvalue weighted by atomic mass is 32.2. The summed E-state index contributed by atoms with van der Waals surface area (Å²) >= 11 is 0.959. The Bertz CT molecular complexity index is 900. The lowest BCUT2D eigenvalue weighted by atomic mass is 9.91. The topological polar surface area (TPSA) is 104 Å². The molecule has 190 valence electrons. The number of nitro groups is 1. The maximum Gasteiger partial charge on any atom is 0.321 e.